The molecule has 7 nitrogen and oxygen atoms in total. The number of rotatable bonds is 6. The van der Waals surface area contributed by atoms with Crippen LogP contribution in [0.3, 0.4) is 0 Å². The smallest absolute Gasteiger partial charge is 0.221 e. The van der Waals surface area contributed by atoms with E-state index in [0.717, 1.165) is 0 Å². The van der Waals surface area contributed by atoms with Crippen molar-refractivity contribution in [1.29, 1.82) is 0 Å². The molecule has 0 spiro atoms. The molecular formula is C9H16N6O. The van der Waals surface area contributed by atoms with Crippen LogP contribution in [0.4, 0.5) is 11.6 Å². The molecule has 88 valence electrons. The Morgan fingerprint density at radius 3 is 2.88 bits per heavy atom. The lowest BCUT2D eigenvalue weighted by atomic mass is 10.4. The van der Waals surface area contributed by atoms with Gasteiger partial charge in [0.05, 0.1) is 12.4 Å². The van der Waals surface area contributed by atoms with Gasteiger partial charge in [0.25, 0.3) is 0 Å². The minimum Gasteiger partial charge on any atom is -0.368 e. The zero-order valence-electron chi connectivity index (χ0n) is 9.16. The van der Waals surface area contributed by atoms with Gasteiger partial charge in [-0.05, 0) is 6.92 Å². The zero-order valence-corrected chi connectivity index (χ0v) is 9.16. The maximum atomic E-state index is 11.1. The Morgan fingerprint density at radius 1 is 1.44 bits per heavy atom. The number of hydrazine groups is 1. The minimum absolute atomic E-state index is 0.0102. The molecular weight excluding hydrogens is 208 g/mol. The van der Waals surface area contributed by atoms with Crippen LogP contribution in [0.5, 0.6) is 0 Å². The van der Waals surface area contributed by atoms with E-state index in [1.807, 2.05) is 6.92 Å². The number of nitrogens with two attached hydrogens (primary N) is 1. The van der Waals surface area contributed by atoms with E-state index >= 15 is 0 Å². The van der Waals surface area contributed by atoms with Gasteiger partial charge in [-0.15, -0.1) is 0 Å². The summed E-state index contributed by atoms with van der Waals surface area (Å²) >= 11 is 0. The van der Waals surface area contributed by atoms with Gasteiger partial charge in [0.1, 0.15) is 5.82 Å². The predicted molar refractivity (Wildman–Crippen MR) is 61.6 cm³/mol. The summed E-state index contributed by atoms with van der Waals surface area (Å²) in [6, 6.07) is 0. The van der Waals surface area contributed by atoms with Gasteiger partial charge in [-0.25, -0.2) is 10.8 Å². The van der Waals surface area contributed by atoms with Crippen LogP contribution in [0.25, 0.3) is 0 Å². The fourth-order valence-electron chi connectivity index (χ4n) is 1.11. The zero-order chi connectivity index (χ0) is 11.8. The molecule has 0 aliphatic rings. The predicted octanol–water partition coefficient (Wildman–Crippen LogP) is -0.300. The molecule has 1 aromatic heterocycles. The lowest BCUT2D eigenvalue weighted by molar-refractivity contribution is -0.120. The molecule has 0 fully saturated rings. The Labute approximate surface area is 93.8 Å². The average molecular weight is 224 g/mol. The molecule has 7 heteroatoms. The van der Waals surface area contributed by atoms with E-state index in [9.17, 15) is 4.79 Å². The number of amides is 1. The molecule has 0 aliphatic heterocycles. The first-order chi connectivity index (χ1) is 7.76. The maximum absolute atomic E-state index is 11.1. The molecule has 5 N–H and O–H groups in total. The quantitative estimate of drug-likeness (QED) is 0.390. The molecule has 16 heavy (non-hydrogen) atoms. The average Bonchev–Trinajstić information content (AvgIpc) is 2.30. The van der Waals surface area contributed by atoms with Gasteiger partial charge in [0.15, 0.2) is 5.82 Å². The standard InChI is InChI=1S/C9H16N6O/c1-2-12-9(16)3-4-13-7-5-11-6-8(14-7)15-10/h5-6H,2-4,10H2,1H3,(H,12,16)(H2,13,14,15). The molecule has 0 aromatic carbocycles. The molecule has 0 radical (unpaired) electrons. The number of anilines is 2. The van der Waals surface area contributed by atoms with Gasteiger partial charge in [-0.3, -0.25) is 9.78 Å². The van der Waals surface area contributed by atoms with Crippen molar-refractivity contribution in [3.05, 3.63) is 12.4 Å². The molecule has 0 unspecified atom stereocenters. The number of nitrogens with zero attached hydrogens (tertiary/aromatic N) is 2. The van der Waals surface area contributed by atoms with Crippen molar-refractivity contribution in [3.63, 3.8) is 0 Å². The number of nitrogen functional groups attached to an aromatic ring is 1. The van der Waals surface area contributed by atoms with Crippen molar-refractivity contribution < 1.29 is 4.79 Å². The second-order valence-corrected chi connectivity index (χ2v) is 3.06. The molecule has 0 saturated heterocycles. The minimum atomic E-state index is 0.0102. The monoisotopic (exact) mass is 224 g/mol. The van der Waals surface area contributed by atoms with Gasteiger partial charge >= 0.3 is 0 Å². The summed E-state index contributed by atoms with van der Waals surface area (Å²) in [5, 5.41) is 5.69. The van der Waals surface area contributed by atoms with Gasteiger partial charge < -0.3 is 16.1 Å². The van der Waals surface area contributed by atoms with E-state index in [1.54, 1.807) is 6.20 Å². The van der Waals surface area contributed by atoms with Crippen LogP contribution in [0.1, 0.15) is 13.3 Å². The van der Waals surface area contributed by atoms with E-state index < -0.39 is 0 Å². The van der Waals surface area contributed by atoms with E-state index in [2.05, 4.69) is 26.0 Å². The van der Waals surface area contributed by atoms with Crippen molar-refractivity contribution in [2.24, 2.45) is 5.84 Å². The molecule has 0 atom stereocenters. The number of nitrogens with one attached hydrogen (secondary N) is 3. The summed E-state index contributed by atoms with van der Waals surface area (Å²) < 4.78 is 0. The van der Waals surface area contributed by atoms with Crippen LogP contribution in [0.2, 0.25) is 0 Å². The van der Waals surface area contributed by atoms with Crippen LogP contribution in [0.15, 0.2) is 12.4 Å². The van der Waals surface area contributed by atoms with E-state index in [-0.39, 0.29) is 5.91 Å². The lowest BCUT2D eigenvalue weighted by Crippen LogP contribution is -2.24. The fourth-order valence-corrected chi connectivity index (χ4v) is 1.11. The van der Waals surface area contributed by atoms with Crippen molar-refractivity contribution in [1.82, 2.24) is 15.3 Å². The van der Waals surface area contributed by atoms with Crippen LogP contribution in [-0.2, 0) is 4.79 Å². The summed E-state index contributed by atoms with van der Waals surface area (Å²) in [6.07, 6.45) is 3.48. The Kier molecular flexibility index (Phi) is 5.00. The second-order valence-electron chi connectivity index (χ2n) is 3.06. The number of aromatic nitrogens is 2. The summed E-state index contributed by atoms with van der Waals surface area (Å²) in [6.45, 7) is 3.03. The Bertz CT molecular complexity index is 343. The van der Waals surface area contributed by atoms with Gasteiger partial charge in [-0.2, -0.15) is 0 Å². The third-order valence-electron chi connectivity index (χ3n) is 1.81. The highest BCUT2D eigenvalue weighted by molar-refractivity contribution is 5.76. The first-order valence-corrected chi connectivity index (χ1v) is 5.05. The van der Waals surface area contributed by atoms with E-state index in [1.165, 1.54) is 6.20 Å². The first kappa shape index (κ1) is 12.2. The molecule has 1 rings (SSSR count). The topological polar surface area (TPSA) is 105 Å². The SMILES string of the molecule is CCNC(=O)CCNc1cncc(NN)n1. The Morgan fingerprint density at radius 2 is 2.19 bits per heavy atom. The third kappa shape index (κ3) is 4.09. The number of carbonyl (C=O) groups is 1. The third-order valence-corrected chi connectivity index (χ3v) is 1.81. The highest BCUT2D eigenvalue weighted by Gasteiger charge is 2.00. The molecule has 1 aromatic rings. The van der Waals surface area contributed by atoms with E-state index in [4.69, 9.17) is 5.84 Å². The van der Waals surface area contributed by atoms with E-state index in [0.29, 0.717) is 31.1 Å². The first-order valence-electron chi connectivity index (χ1n) is 5.05. The number of hydrogen-bond donors (Lipinski definition) is 4. The van der Waals surface area contributed by atoms with Crippen molar-refractivity contribution in [2.45, 2.75) is 13.3 Å². The van der Waals surface area contributed by atoms with Crippen LogP contribution in [0, 0.1) is 0 Å². The highest BCUT2D eigenvalue weighted by atomic mass is 16.1. The Hall–Kier alpha value is -1.89. The number of carbonyl (C=O) groups excluding carboxylic acids is 1. The highest BCUT2D eigenvalue weighted by Crippen LogP contribution is 2.04. The largest absolute Gasteiger partial charge is 0.368 e. The summed E-state index contributed by atoms with van der Waals surface area (Å²) in [7, 11) is 0. The second kappa shape index (κ2) is 6.57. The molecule has 0 saturated carbocycles. The molecule has 1 heterocycles. The molecule has 1 amide bonds. The van der Waals surface area contributed by atoms with Crippen LogP contribution >= 0.6 is 0 Å². The van der Waals surface area contributed by atoms with Crippen LogP contribution < -0.4 is 21.9 Å². The molecule has 0 bridgehead atoms. The summed E-state index contributed by atoms with van der Waals surface area (Å²) in [5.74, 6) is 6.26. The lowest BCUT2D eigenvalue weighted by Gasteiger charge is -2.06. The molecule has 0 aliphatic carbocycles. The fraction of sp³-hybridized carbons (Fsp3) is 0.444. The van der Waals surface area contributed by atoms with Gasteiger partial charge in [0.2, 0.25) is 5.91 Å². The van der Waals surface area contributed by atoms with Crippen molar-refractivity contribution >= 4 is 17.5 Å². The normalized spacial score (nSPS) is 9.62. The summed E-state index contributed by atoms with van der Waals surface area (Å²) in [4.78, 5) is 19.2. The van der Waals surface area contributed by atoms with Crippen LogP contribution in [-0.4, -0.2) is 29.0 Å². The summed E-state index contributed by atoms with van der Waals surface area (Å²) in [5.41, 5.74) is 2.39. The van der Waals surface area contributed by atoms with Gasteiger partial charge in [-0.1, -0.05) is 0 Å². The van der Waals surface area contributed by atoms with Gasteiger partial charge in [0, 0.05) is 19.5 Å². The maximum Gasteiger partial charge on any atom is 0.221 e. The van der Waals surface area contributed by atoms with Crippen molar-refractivity contribution in [3.8, 4) is 0 Å². The Balaban J connectivity index is 2.34. The van der Waals surface area contributed by atoms with Crippen molar-refractivity contribution in [2.75, 3.05) is 23.8 Å². The number of hydrogen-bond acceptors (Lipinski definition) is 6.